The molecule has 0 atom stereocenters. The van der Waals surface area contributed by atoms with Gasteiger partial charge in [0.25, 0.3) is 5.56 Å². The summed E-state index contributed by atoms with van der Waals surface area (Å²) in [6.07, 6.45) is 1.76. The van der Waals surface area contributed by atoms with Crippen LogP contribution in [0.3, 0.4) is 0 Å². The number of hydrogen-bond acceptors (Lipinski definition) is 4. The van der Waals surface area contributed by atoms with Crippen LogP contribution in [-0.4, -0.2) is 16.5 Å². The minimum Gasteiger partial charge on any atom is -0.311 e. The number of rotatable bonds is 6. The fourth-order valence-electron chi connectivity index (χ4n) is 1.71. The molecule has 2 rings (SSSR count). The molecule has 2 N–H and O–H groups in total. The number of hydrogen-bond donors (Lipinski definition) is 2. The number of H-pyrrole nitrogens is 1. The third kappa shape index (κ3) is 3.78. The van der Waals surface area contributed by atoms with Crippen LogP contribution < -0.4 is 10.9 Å². The molecular formula is C13H17N3OS. The van der Waals surface area contributed by atoms with Gasteiger partial charge in [0, 0.05) is 23.9 Å². The molecule has 2 aromatic heterocycles. The van der Waals surface area contributed by atoms with Crippen LogP contribution in [0.25, 0.3) is 0 Å². The average molecular weight is 263 g/mol. The lowest BCUT2D eigenvalue weighted by Crippen LogP contribution is -2.19. The zero-order valence-electron chi connectivity index (χ0n) is 10.4. The van der Waals surface area contributed by atoms with Gasteiger partial charge in [-0.05, 0) is 24.4 Å². The van der Waals surface area contributed by atoms with E-state index in [0.717, 1.165) is 24.5 Å². The monoisotopic (exact) mass is 263 g/mol. The summed E-state index contributed by atoms with van der Waals surface area (Å²) in [4.78, 5) is 20.0. The van der Waals surface area contributed by atoms with E-state index in [1.165, 1.54) is 4.88 Å². The number of nitrogens with zero attached hydrogens (tertiary/aromatic N) is 1. The van der Waals surface area contributed by atoms with Crippen molar-refractivity contribution in [3.05, 3.63) is 50.3 Å². The van der Waals surface area contributed by atoms with E-state index in [1.54, 1.807) is 17.4 Å². The molecule has 0 fully saturated rings. The Hall–Kier alpha value is -1.46. The van der Waals surface area contributed by atoms with Gasteiger partial charge in [-0.2, -0.15) is 0 Å². The minimum atomic E-state index is -0.0788. The molecule has 0 unspecified atom stereocenters. The second-order valence-electron chi connectivity index (χ2n) is 4.12. The van der Waals surface area contributed by atoms with Crippen LogP contribution in [0.1, 0.15) is 29.7 Å². The molecule has 96 valence electrons. The first-order chi connectivity index (χ1) is 8.78. The molecule has 2 aromatic rings. The van der Waals surface area contributed by atoms with Crippen LogP contribution in [0, 0.1) is 0 Å². The van der Waals surface area contributed by atoms with E-state index in [4.69, 9.17) is 0 Å². The molecule has 0 saturated heterocycles. The van der Waals surface area contributed by atoms with Crippen molar-refractivity contribution in [3.8, 4) is 0 Å². The van der Waals surface area contributed by atoms with Gasteiger partial charge in [0.05, 0.1) is 5.69 Å². The van der Waals surface area contributed by atoms with E-state index in [1.807, 2.05) is 17.5 Å². The maximum atomic E-state index is 11.6. The van der Waals surface area contributed by atoms with Gasteiger partial charge in [-0.3, -0.25) is 4.79 Å². The number of thiophene rings is 1. The molecule has 0 aliphatic heterocycles. The number of nitrogens with one attached hydrogen (secondary N) is 2. The summed E-state index contributed by atoms with van der Waals surface area (Å²) < 4.78 is 0. The van der Waals surface area contributed by atoms with Crippen molar-refractivity contribution >= 4 is 11.3 Å². The minimum absolute atomic E-state index is 0.0788. The van der Waals surface area contributed by atoms with Crippen molar-refractivity contribution in [2.45, 2.75) is 26.3 Å². The topological polar surface area (TPSA) is 57.8 Å². The first-order valence-corrected chi connectivity index (χ1v) is 6.98. The van der Waals surface area contributed by atoms with Crippen molar-refractivity contribution in [1.82, 2.24) is 15.3 Å². The van der Waals surface area contributed by atoms with Gasteiger partial charge in [0.1, 0.15) is 5.82 Å². The second-order valence-corrected chi connectivity index (χ2v) is 5.15. The Labute approximate surface area is 110 Å². The van der Waals surface area contributed by atoms with Gasteiger partial charge >= 0.3 is 0 Å². The quantitative estimate of drug-likeness (QED) is 0.783. The molecule has 0 bridgehead atoms. The molecule has 0 saturated carbocycles. The van der Waals surface area contributed by atoms with Crippen molar-refractivity contribution < 1.29 is 0 Å². The van der Waals surface area contributed by atoms with Crippen LogP contribution in [-0.2, 0) is 13.0 Å². The van der Waals surface area contributed by atoms with Crippen LogP contribution in [0.5, 0.6) is 0 Å². The van der Waals surface area contributed by atoms with Crippen molar-refractivity contribution in [2.24, 2.45) is 0 Å². The second kappa shape index (κ2) is 6.47. The van der Waals surface area contributed by atoms with E-state index < -0.39 is 0 Å². The summed E-state index contributed by atoms with van der Waals surface area (Å²) in [7, 11) is 0. The average Bonchev–Trinajstić information content (AvgIpc) is 2.81. The standard InChI is InChI=1S/C13H17N3OS/c1-2-5-14-9-10-7-13(17)16-12(15-10)8-11-4-3-6-18-11/h3-4,6-7,14H,2,5,8-9H2,1H3,(H,15,16,17). The molecule has 0 aromatic carbocycles. The lowest BCUT2D eigenvalue weighted by Gasteiger charge is -2.04. The SMILES string of the molecule is CCCNCc1cc(=O)[nH]c(Cc2cccs2)n1. The molecule has 0 aliphatic carbocycles. The predicted octanol–water partition coefficient (Wildman–Crippen LogP) is 1.92. The summed E-state index contributed by atoms with van der Waals surface area (Å²) in [6.45, 7) is 3.70. The molecule has 0 amide bonds. The van der Waals surface area contributed by atoms with Crippen LogP contribution in [0.15, 0.2) is 28.4 Å². The largest absolute Gasteiger partial charge is 0.311 e. The van der Waals surface area contributed by atoms with Gasteiger partial charge < -0.3 is 10.3 Å². The highest BCUT2D eigenvalue weighted by Gasteiger charge is 2.03. The van der Waals surface area contributed by atoms with E-state index in [2.05, 4.69) is 22.2 Å². The Bertz CT molecular complexity index is 533. The van der Waals surface area contributed by atoms with E-state index in [0.29, 0.717) is 13.0 Å². The van der Waals surface area contributed by atoms with E-state index in [-0.39, 0.29) is 5.56 Å². The number of aromatic nitrogens is 2. The highest BCUT2D eigenvalue weighted by molar-refractivity contribution is 7.09. The van der Waals surface area contributed by atoms with Gasteiger partial charge in [-0.15, -0.1) is 11.3 Å². The summed E-state index contributed by atoms with van der Waals surface area (Å²) >= 11 is 1.67. The number of aromatic amines is 1. The Kier molecular flexibility index (Phi) is 4.66. The van der Waals surface area contributed by atoms with Gasteiger partial charge in [0.15, 0.2) is 0 Å². The zero-order valence-corrected chi connectivity index (χ0v) is 11.2. The summed E-state index contributed by atoms with van der Waals surface area (Å²) in [5.74, 6) is 0.734. The predicted molar refractivity (Wildman–Crippen MR) is 74.0 cm³/mol. The van der Waals surface area contributed by atoms with Gasteiger partial charge in [-0.1, -0.05) is 13.0 Å². The third-order valence-corrected chi connectivity index (χ3v) is 3.37. The van der Waals surface area contributed by atoms with Gasteiger partial charge in [0.2, 0.25) is 0 Å². The molecule has 2 heterocycles. The zero-order chi connectivity index (χ0) is 12.8. The molecule has 4 nitrogen and oxygen atoms in total. The Balaban J connectivity index is 2.08. The maximum Gasteiger partial charge on any atom is 0.251 e. The smallest absolute Gasteiger partial charge is 0.251 e. The molecule has 5 heteroatoms. The lowest BCUT2D eigenvalue weighted by atomic mass is 10.3. The normalized spacial score (nSPS) is 10.7. The van der Waals surface area contributed by atoms with E-state index in [9.17, 15) is 4.79 Å². The summed E-state index contributed by atoms with van der Waals surface area (Å²) in [5.41, 5.74) is 0.726. The lowest BCUT2D eigenvalue weighted by molar-refractivity contribution is 0.658. The first kappa shape index (κ1) is 13.0. The van der Waals surface area contributed by atoms with Crippen LogP contribution in [0.4, 0.5) is 0 Å². The first-order valence-electron chi connectivity index (χ1n) is 6.10. The Morgan fingerprint density at radius 1 is 1.50 bits per heavy atom. The highest BCUT2D eigenvalue weighted by atomic mass is 32.1. The molecule has 0 aliphatic rings. The maximum absolute atomic E-state index is 11.6. The Morgan fingerprint density at radius 2 is 2.39 bits per heavy atom. The molecule has 0 spiro atoms. The van der Waals surface area contributed by atoms with Crippen LogP contribution in [0.2, 0.25) is 0 Å². The van der Waals surface area contributed by atoms with Crippen molar-refractivity contribution in [2.75, 3.05) is 6.54 Å². The molecular weight excluding hydrogens is 246 g/mol. The third-order valence-electron chi connectivity index (χ3n) is 2.50. The highest BCUT2D eigenvalue weighted by Crippen LogP contribution is 2.11. The van der Waals surface area contributed by atoms with Crippen molar-refractivity contribution in [1.29, 1.82) is 0 Å². The summed E-state index contributed by atoms with van der Waals surface area (Å²) in [5, 5.41) is 5.28. The molecule has 0 radical (unpaired) electrons. The van der Waals surface area contributed by atoms with E-state index >= 15 is 0 Å². The summed E-state index contributed by atoms with van der Waals surface area (Å²) in [6, 6.07) is 5.61. The van der Waals surface area contributed by atoms with Crippen LogP contribution >= 0.6 is 11.3 Å². The molecule has 18 heavy (non-hydrogen) atoms. The Morgan fingerprint density at radius 3 is 3.11 bits per heavy atom. The fraction of sp³-hybridized carbons (Fsp3) is 0.385. The fourth-order valence-corrected chi connectivity index (χ4v) is 2.42. The van der Waals surface area contributed by atoms with Crippen molar-refractivity contribution in [3.63, 3.8) is 0 Å². The van der Waals surface area contributed by atoms with Gasteiger partial charge in [-0.25, -0.2) is 4.98 Å².